The summed E-state index contributed by atoms with van der Waals surface area (Å²) in [6.07, 6.45) is 0. The molecule has 0 heterocycles. The second kappa shape index (κ2) is 8.58. The third kappa shape index (κ3) is 4.69. The van der Waals surface area contributed by atoms with E-state index >= 15 is 0 Å². The van der Waals surface area contributed by atoms with E-state index < -0.39 is 10.0 Å². The van der Waals surface area contributed by atoms with E-state index in [2.05, 4.69) is 10.0 Å². The molecule has 1 amide bonds. The highest BCUT2D eigenvalue weighted by molar-refractivity contribution is 7.92. The molecule has 2 N–H and O–H groups in total. The van der Waals surface area contributed by atoms with Gasteiger partial charge < -0.3 is 10.1 Å². The summed E-state index contributed by atoms with van der Waals surface area (Å²) in [5.74, 6) is 0.300. The van der Waals surface area contributed by atoms with Crippen LogP contribution in [-0.4, -0.2) is 21.4 Å². The van der Waals surface area contributed by atoms with Crippen LogP contribution in [0.4, 0.5) is 5.69 Å². The van der Waals surface area contributed by atoms with Gasteiger partial charge in [-0.2, -0.15) is 0 Å². The standard InChI is InChI=1S/C21H20N2O4S/c1-27-20-13-6-5-8-17(20)15-22-21(24)16-9-7-12-19(14-16)28(25,26)23-18-10-3-2-4-11-18/h2-14,23H,15H2,1H3,(H,22,24). The fourth-order valence-corrected chi connectivity index (χ4v) is 3.76. The molecule has 3 aromatic carbocycles. The monoisotopic (exact) mass is 396 g/mol. The molecule has 6 nitrogen and oxygen atoms in total. The number of rotatable bonds is 7. The third-order valence-corrected chi connectivity index (χ3v) is 5.44. The molecule has 0 aromatic heterocycles. The summed E-state index contributed by atoms with van der Waals surface area (Å²) < 4.78 is 32.9. The average molecular weight is 396 g/mol. The molecule has 0 unspecified atom stereocenters. The molecular weight excluding hydrogens is 376 g/mol. The molecular formula is C21H20N2O4S. The van der Waals surface area contributed by atoms with Crippen molar-refractivity contribution < 1.29 is 17.9 Å². The van der Waals surface area contributed by atoms with E-state index in [1.54, 1.807) is 43.5 Å². The molecule has 7 heteroatoms. The Balaban J connectivity index is 1.74. The van der Waals surface area contributed by atoms with Crippen molar-refractivity contribution in [2.75, 3.05) is 11.8 Å². The Morgan fingerprint density at radius 2 is 1.64 bits per heavy atom. The van der Waals surface area contributed by atoms with Gasteiger partial charge in [-0.05, 0) is 36.4 Å². The minimum absolute atomic E-state index is 0.0151. The smallest absolute Gasteiger partial charge is 0.261 e. The topological polar surface area (TPSA) is 84.5 Å². The quantitative estimate of drug-likeness (QED) is 0.641. The van der Waals surface area contributed by atoms with Crippen LogP contribution in [-0.2, 0) is 16.6 Å². The molecule has 3 rings (SSSR count). The number of para-hydroxylation sites is 2. The van der Waals surface area contributed by atoms with E-state index in [4.69, 9.17) is 4.74 Å². The van der Waals surface area contributed by atoms with Crippen molar-refractivity contribution in [3.8, 4) is 5.75 Å². The van der Waals surface area contributed by atoms with Gasteiger partial charge in [-0.1, -0.05) is 42.5 Å². The lowest BCUT2D eigenvalue weighted by atomic mass is 10.2. The first-order chi connectivity index (χ1) is 13.5. The van der Waals surface area contributed by atoms with Crippen LogP contribution in [0.15, 0.2) is 83.8 Å². The van der Waals surface area contributed by atoms with Gasteiger partial charge in [-0.3, -0.25) is 9.52 Å². The van der Waals surface area contributed by atoms with Crippen LogP contribution in [0.1, 0.15) is 15.9 Å². The fourth-order valence-electron chi connectivity index (χ4n) is 2.65. The molecule has 0 atom stereocenters. The van der Waals surface area contributed by atoms with Crippen molar-refractivity contribution in [2.24, 2.45) is 0 Å². The summed E-state index contributed by atoms with van der Waals surface area (Å²) in [6, 6.07) is 21.8. The SMILES string of the molecule is COc1ccccc1CNC(=O)c1cccc(S(=O)(=O)Nc2ccccc2)c1. The van der Waals surface area contributed by atoms with Crippen molar-refractivity contribution in [2.45, 2.75) is 11.4 Å². The number of ether oxygens (including phenoxy) is 1. The van der Waals surface area contributed by atoms with E-state index in [1.807, 2.05) is 24.3 Å². The predicted octanol–water partition coefficient (Wildman–Crippen LogP) is 3.43. The molecule has 3 aromatic rings. The van der Waals surface area contributed by atoms with Crippen molar-refractivity contribution in [1.29, 1.82) is 0 Å². The number of nitrogens with one attached hydrogen (secondary N) is 2. The van der Waals surface area contributed by atoms with E-state index in [0.717, 1.165) is 5.56 Å². The lowest BCUT2D eigenvalue weighted by Crippen LogP contribution is -2.23. The number of anilines is 1. The van der Waals surface area contributed by atoms with Gasteiger partial charge in [0, 0.05) is 23.4 Å². The molecule has 0 bridgehead atoms. The highest BCUT2D eigenvalue weighted by Crippen LogP contribution is 2.19. The van der Waals surface area contributed by atoms with Crippen LogP contribution in [0.5, 0.6) is 5.75 Å². The molecule has 0 saturated carbocycles. The van der Waals surface area contributed by atoms with E-state index in [9.17, 15) is 13.2 Å². The predicted molar refractivity (Wildman–Crippen MR) is 108 cm³/mol. The summed E-state index contributed by atoms with van der Waals surface area (Å²) >= 11 is 0. The Morgan fingerprint density at radius 1 is 0.929 bits per heavy atom. The first-order valence-electron chi connectivity index (χ1n) is 8.57. The summed E-state index contributed by atoms with van der Waals surface area (Å²) in [5.41, 5.74) is 1.53. The molecule has 144 valence electrons. The van der Waals surface area contributed by atoms with Gasteiger partial charge in [0.05, 0.1) is 12.0 Å². The van der Waals surface area contributed by atoms with E-state index in [-0.39, 0.29) is 22.9 Å². The Bertz CT molecular complexity index is 1070. The largest absolute Gasteiger partial charge is 0.496 e. The molecule has 0 aliphatic carbocycles. The second-order valence-corrected chi connectivity index (χ2v) is 7.68. The summed E-state index contributed by atoms with van der Waals surface area (Å²) in [7, 11) is -2.23. The van der Waals surface area contributed by atoms with Crippen LogP contribution < -0.4 is 14.8 Å². The second-order valence-electron chi connectivity index (χ2n) is 5.99. The normalized spacial score (nSPS) is 10.9. The molecule has 0 fully saturated rings. The first kappa shape index (κ1) is 19.4. The number of carbonyl (C=O) groups is 1. The van der Waals surface area contributed by atoms with Crippen LogP contribution in [0.2, 0.25) is 0 Å². The highest BCUT2D eigenvalue weighted by atomic mass is 32.2. The molecule has 0 aliphatic heterocycles. The molecule has 0 spiro atoms. The molecule has 0 radical (unpaired) electrons. The Kier molecular flexibility index (Phi) is 5.96. The maximum atomic E-state index is 12.6. The number of benzene rings is 3. The Hall–Kier alpha value is -3.32. The van der Waals surface area contributed by atoms with Crippen LogP contribution in [0, 0.1) is 0 Å². The summed E-state index contributed by atoms with van der Waals surface area (Å²) in [4.78, 5) is 12.5. The highest BCUT2D eigenvalue weighted by Gasteiger charge is 2.16. The molecule has 28 heavy (non-hydrogen) atoms. The van der Waals surface area contributed by atoms with Gasteiger partial charge in [-0.25, -0.2) is 8.42 Å². The van der Waals surface area contributed by atoms with Gasteiger partial charge >= 0.3 is 0 Å². The molecule has 0 aliphatic rings. The maximum absolute atomic E-state index is 12.6. The van der Waals surface area contributed by atoms with Gasteiger partial charge in [0.1, 0.15) is 5.75 Å². The van der Waals surface area contributed by atoms with Crippen LogP contribution in [0.3, 0.4) is 0 Å². The number of hydrogen-bond acceptors (Lipinski definition) is 4. The lowest BCUT2D eigenvalue weighted by Gasteiger charge is -2.11. The average Bonchev–Trinajstić information content (AvgIpc) is 2.72. The maximum Gasteiger partial charge on any atom is 0.261 e. The number of sulfonamides is 1. The number of carbonyl (C=O) groups excluding carboxylic acids is 1. The Labute approximate surface area is 164 Å². The van der Waals surface area contributed by atoms with Crippen molar-refractivity contribution >= 4 is 21.6 Å². The Morgan fingerprint density at radius 3 is 2.39 bits per heavy atom. The van der Waals surface area contributed by atoms with Crippen molar-refractivity contribution in [3.05, 3.63) is 90.0 Å². The van der Waals surface area contributed by atoms with Crippen LogP contribution in [0.25, 0.3) is 0 Å². The van der Waals surface area contributed by atoms with Gasteiger partial charge in [0.25, 0.3) is 15.9 Å². The minimum atomic E-state index is -3.80. The fraction of sp³-hybridized carbons (Fsp3) is 0.0952. The zero-order valence-corrected chi connectivity index (χ0v) is 16.1. The van der Waals surface area contributed by atoms with Gasteiger partial charge in [-0.15, -0.1) is 0 Å². The zero-order chi connectivity index (χ0) is 20.0. The summed E-state index contributed by atoms with van der Waals surface area (Å²) in [6.45, 7) is 0.266. The van der Waals surface area contributed by atoms with E-state index in [0.29, 0.717) is 11.4 Å². The number of methoxy groups -OCH3 is 1. The zero-order valence-electron chi connectivity index (χ0n) is 15.3. The number of amides is 1. The third-order valence-electron chi connectivity index (χ3n) is 4.06. The first-order valence-corrected chi connectivity index (χ1v) is 10.1. The van der Waals surface area contributed by atoms with E-state index in [1.165, 1.54) is 18.2 Å². The number of hydrogen-bond donors (Lipinski definition) is 2. The summed E-state index contributed by atoms with van der Waals surface area (Å²) in [5, 5.41) is 2.78. The van der Waals surface area contributed by atoms with Crippen molar-refractivity contribution in [1.82, 2.24) is 5.32 Å². The van der Waals surface area contributed by atoms with Crippen LogP contribution >= 0.6 is 0 Å². The molecule has 0 saturated heterocycles. The van der Waals surface area contributed by atoms with Gasteiger partial charge in [0.15, 0.2) is 0 Å². The lowest BCUT2D eigenvalue weighted by molar-refractivity contribution is 0.0950. The minimum Gasteiger partial charge on any atom is -0.496 e. The van der Waals surface area contributed by atoms with Gasteiger partial charge in [0.2, 0.25) is 0 Å². The van der Waals surface area contributed by atoms with Crippen molar-refractivity contribution in [3.63, 3.8) is 0 Å².